The highest BCUT2D eigenvalue weighted by Crippen LogP contribution is 2.50. The third-order valence-corrected chi connectivity index (χ3v) is 5.63. The van der Waals surface area contributed by atoms with Crippen molar-refractivity contribution in [1.82, 2.24) is 4.90 Å². The summed E-state index contributed by atoms with van der Waals surface area (Å²) in [7, 11) is 1.54. The van der Waals surface area contributed by atoms with Gasteiger partial charge in [0.1, 0.15) is 12.2 Å². The van der Waals surface area contributed by atoms with Crippen molar-refractivity contribution >= 4 is 0 Å². The maximum atomic E-state index is 10.9. The molecule has 0 unspecified atom stereocenters. The number of rotatable bonds is 1. The molecular weight excluding hydrogens is 298 g/mol. The van der Waals surface area contributed by atoms with Gasteiger partial charge in [0, 0.05) is 32.2 Å². The van der Waals surface area contributed by atoms with Gasteiger partial charge in [-0.25, -0.2) is 0 Å². The highest BCUT2D eigenvalue weighted by molar-refractivity contribution is 5.53. The second-order valence-corrected chi connectivity index (χ2v) is 6.64. The molecule has 1 fully saturated rings. The molecule has 0 amide bonds. The molecule has 4 aliphatic rings. The standard InChI is InChI=1S/C17H19NO5/c1-21-17-15(19)9-2-3-18-6-8-4-11-12(23-7-22-11)5-10(8)13(14(9)18)16(17)20/h2,4-5,13-17,19-20H,3,6-7H2,1H3/t13-,14-,15-,16+,17+/m0/s1. The van der Waals surface area contributed by atoms with Gasteiger partial charge >= 0.3 is 0 Å². The molecule has 0 saturated heterocycles. The Kier molecular flexibility index (Phi) is 2.82. The van der Waals surface area contributed by atoms with Crippen molar-refractivity contribution < 1.29 is 24.4 Å². The van der Waals surface area contributed by atoms with E-state index in [1.807, 2.05) is 12.1 Å². The molecule has 0 spiro atoms. The smallest absolute Gasteiger partial charge is 0.231 e. The Morgan fingerprint density at radius 1 is 1.22 bits per heavy atom. The predicted molar refractivity (Wildman–Crippen MR) is 80.4 cm³/mol. The van der Waals surface area contributed by atoms with Crippen LogP contribution in [0.15, 0.2) is 23.8 Å². The largest absolute Gasteiger partial charge is 0.454 e. The van der Waals surface area contributed by atoms with Crippen molar-refractivity contribution in [3.8, 4) is 11.5 Å². The van der Waals surface area contributed by atoms with Gasteiger partial charge < -0.3 is 24.4 Å². The summed E-state index contributed by atoms with van der Waals surface area (Å²) in [5.74, 6) is 1.37. The zero-order valence-corrected chi connectivity index (χ0v) is 12.8. The van der Waals surface area contributed by atoms with Gasteiger partial charge in [0.15, 0.2) is 11.5 Å². The molecule has 1 aromatic carbocycles. The van der Waals surface area contributed by atoms with E-state index in [2.05, 4.69) is 11.0 Å². The fraction of sp³-hybridized carbons (Fsp3) is 0.529. The lowest BCUT2D eigenvalue weighted by molar-refractivity contribution is -0.108. The molecule has 0 bridgehead atoms. The third kappa shape index (κ3) is 1.72. The number of aliphatic hydroxyl groups excluding tert-OH is 2. The summed E-state index contributed by atoms with van der Waals surface area (Å²) in [5.41, 5.74) is 3.19. The fourth-order valence-corrected chi connectivity index (χ4v) is 4.62. The number of aliphatic hydroxyl groups is 2. The molecule has 3 aliphatic heterocycles. The first kappa shape index (κ1) is 13.8. The average Bonchev–Trinajstić information content (AvgIpc) is 3.16. The maximum Gasteiger partial charge on any atom is 0.231 e. The molecule has 6 heteroatoms. The van der Waals surface area contributed by atoms with Crippen LogP contribution >= 0.6 is 0 Å². The van der Waals surface area contributed by atoms with Gasteiger partial charge in [0.25, 0.3) is 0 Å². The Balaban J connectivity index is 1.66. The van der Waals surface area contributed by atoms with Gasteiger partial charge in [-0.2, -0.15) is 0 Å². The Bertz CT molecular complexity index is 702. The second-order valence-electron chi connectivity index (χ2n) is 6.64. The number of fused-ring (bicyclic) bond motifs is 3. The Morgan fingerprint density at radius 3 is 2.78 bits per heavy atom. The van der Waals surface area contributed by atoms with E-state index in [-0.39, 0.29) is 18.8 Å². The molecule has 5 atom stereocenters. The van der Waals surface area contributed by atoms with E-state index in [4.69, 9.17) is 14.2 Å². The van der Waals surface area contributed by atoms with Gasteiger partial charge in [-0.15, -0.1) is 0 Å². The maximum absolute atomic E-state index is 10.9. The van der Waals surface area contributed by atoms with Crippen molar-refractivity contribution in [2.75, 3.05) is 20.4 Å². The normalized spacial score (nSPS) is 37.3. The quantitative estimate of drug-likeness (QED) is 0.730. The predicted octanol–water partition coefficient (Wildman–Crippen LogP) is 0.373. The van der Waals surface area contributed by atoms with Crippen LogP contribution in [0.2, 0.25) is 0 Å². The molecule has 1 saturated carbocycles. The number of nitrogens with zero attached hydrogens (tertiary/aromatic N) is 1. The molecular formula is C17H19NO5. The van der Waals surface area contributed by atoms with Crippen LogP contribution in [-0.2, 0) is 11.3 Å². The summed E-state index contributed by atoms with van der Waals surface area (Å²) in [4.78, 5) is 2.29. The van der Waals surface area contributed by atoms with Crippen LogP contribution in [0, 0.1) is 0 Å². The molecule has 1 aromatic rings. The van der Waals surface area contributed by atoms with Crippen LogP contribution < -0.4 is 9.47 Å². The summed E-state index contributed by atoms with van der Waals surface area (Å²) in [6, 6.07) is 4.04. The van der Waals surface area contributed by atoms with Gasteiger partial charge in [-0.05, 0) is 28.8 Å². The van der Waals surface area contributed by atoms with E-state index in [9.17, 15) is 10.2 Å². The van der Waals surface area contributed by atoms with E-state index in [1.54, 1.807) is 0 Å². The molecule has 0 radical (unpaired) electrons. The van der Waals surface area contributed by atoms with Gasteiger partial charge in [-0.3, -0.25) is 4.90 Å². The molecule has 122 valence electrons. The van der Waals surface area contributed by atoms with E-state index < -0.39 is 18.3 Å². The number of methoxy groups -OCH3 is 1. The average molecular weight is 317 g/mol. The molecule has 3 heterocycles. The Hall–Kier alpha value is -1.60. The van der Waals surface area contributed by atoms with Crippen molar-refractivity contribution in [1.29, 1.82) is 0 Å². The topological polar surface area (TPSA) is 71.4 Å². The minimum atomic E-state index is -0.767. The molecule has 6 nitrogen and oxygen atoms in total. The number of benzene rings is 1. The second kappa shape index (κ2) is 4.70. The SMILES string of the molecule is CO[C@H]1[C@H](O)[C@H]2c3cc4c(cc3CN3CC=C([C@@H]1O)[C@@H]23)OCO4. The molecule has 0 aromatic heterocycles. The number of hydrogen-bond acceptors (Lipinski definition) is 6. The van der Waals surface area contributed by atoms with Crippen molar-refractivity contribution in [3.05, 3.63) is 34.9 Å². The van der Waals surface area contributed by atoms with E-state index in [0.29, 0.717) is 0 Å². The third-order valence-electron chi connectivity index (χ3n) is 5.63. The van der Waals surface area contributed by atoms with Crippen LogP contribution in [0.25, 0.3) is 0 Å². The van der Waals surface area contributed by atoms with Crippen LogP contribution in [0.4, 0.5) is 0 Å². The Labute approximate surface area is 133 Å². The van der Waals surface area contributed by atoms with Crippen molar-refractivity contribution in [3.63, 3.8) is 0 Å². The zero-order valence-electron chi connectivity index (χ0n) is 12.8. The van der Waals surface area contributed by atoms with Crippen LogP contribution in [0.3, 0.4) is 0 Å². The summed E-state index contributed by atoms with van der Waals surface area (Å²) in [6.45, 7) is 1.80. The Morgan fingerprint density at radius 2 is 2.00 bits per heavy atom. The first-order valence-corrected chi connectivity index (χ1v) is 7.94. The molecule has 23 heavy (non-hydrogen) atoms. The molecule has 2 N–H and O–H groups in total. The van der Waals surface area contributed by atoms with Gasteiger partial charge in [0.2, 0.25) is 6.79 Å². The van der Waals surface area contributed by atoms with E-state index >= 15 is 0 Å². The summed E-state index contributed by atoms with van der Waals surface area (Å²) in [6.07, 6.45) is -0.0555. The van der Waals surface area contributed by atoms with Gasteiger partial charge in [0.05, 0.1) is 6.10 Å². The number of ether oxygens (including phenoxy) is 3. The first-order valence-electron chi connectivity index (χ1n) is 7.94. The zero-order chi connectivity index (χ0) is 15.7. The van der Waals surface area contributed by atoms with Crippen molar-refractivity contribution in [2.24, 2.45) is 0 Å². The molecule has 1 aliphatic carbocycles. The van der Waals surface area contributed by atoms with Crippen molar-refractivity contribution in [2.45, 2.75) is 36.8 Å². The van der Waals surface area contributed by atoms with Crippen LogP contribution in [0.5, 0.6) is 11.5 Å². The summed E-state index contributed by atoms with van der Waals surface area (Å²) < 4.78 is 16.4. The highest BCUT2D eigenvalue weighted by atomic mass is 16.7. The summed E-state index contributed by atoms with van der Waals surface area (Å²) in [5, 5.41) is 21.4. The van der Waals surface area contributed by atoms with Crippen LogP contribution in [0.1, 0.15) is 17.0 Å². The fourth-order valence-electron chi connectivity index (χ4n) is 4.62. The van der Waals surface area contributed by atoms with Crippen LogP contribution in [-0.4, -0.2) is 59.9 Å². The minimum absolute atomic E-state index is 0.0271. The lowest BCUT2D eigenvalue weighted by Crippen LogP contribution is -2.58. The minimum Gasteiger partial charge on any atom is -0.454 e. The van der Waals surface area contributed by atoms with Gasteiger partial charge in [-0.1, -0.05) is 6.08 Å². The highest BCUT2D eigenvalue weighted by Gasteiger charge is 2.53. The summed E-state index contributed by atoms with van der Waals surface area (Å²) >= 11 is 0. The lowest BCUT2D eigenvalue weighted by atomic mass is 9.70. The monoisotopic (exact) mass is 317 g/mol. The lowest BCUT2D eigenvalue weighted by Gasteiger charge is -2.49. The van der Waals surface area contributed by atoms with E-state index in [1.165, 1.54) is 7.11 Å². The number of hydrogen-bond donors (Lipinski definition) is 2. The first-order chi connectivity index (χ1) is 11.2. The molecule has 5 rings (SSSR count). The van der Waals surface area contributed by atoms with E-state index in [0.717, 1.165) is 41.3 Å².